The lowest BCUT2D eigenvalue weighted by Crippen LogP contribution is -2.44. The molecule has 0 saturated heterocycles. The minimum atomic E-state index is -3.79. The third-order valence-corrected chi connectivity index (χ3v) is 8.14. The van der Waals surface area contributed by atoms with Crippen molar-refractivity contribution in [1.82, 2.24) is 0 Å². The van der Waals surface area contributed by atoms with E-state index in [4.69, 9.17) is 21.4 Å². The first-order valence-electron chi connectivity index (χ1n) is 8.15. The van der Waals surface area contributed by atoms with Gasteiger partial charge in [-0.05, 0) is 50.6 Å². The van der Waals surface area contributed by atoms with Crippen LogP contribution in [0.1, 0.15) is 26.3 Å². The Morgan fingerprint density at radius 2 is 1.81 bits per heavy atom. The van der Waals surface area contributed by atoms with Crippen LogP contribution in [0.2, 0.25) is 5.02 Å². The summed E-state index contributed by atoms with van der Waals surface area (Å²) in [6, 6.07) is 9.35. The van der Waals surface area contributed by atoms with Crippen LogP contribution in [-0.2, 0) is 20.2 Å². The molecule has 2 aromatic rings. The van der Waals surface area contributed by atoms with Gasteiger partial charge in [0, 0.05) is 16.1 Å². The summed E-state index contributed by atoms with van der Waals surface area (Å²) in [6.45, 7) is 3.92. The van der Waals surface area contributed by atoms with Gasteiger partial charge in [-0.1, -0.05) is 23.7 Å². The number of aliphatic hydroxyl groups is 1. The third kappa shape index (κ3) is 2.90. The number of aliphatic carboxylic acids is 1. The van der Waals surface area contributed by atoms with Gasteiger partial charge in [-0.3, -0.25) is 0 Å². The Morgan fingerprint density at radius 3 is 2.44 bits per heavy atom. The van der Waals surface area contributed by atoms with Crippen LogP contribution in [-0.4, -0.2) is 36.0 Å². The van der Waals surface area contributed by atoms with Crippen molar-refractivity contribution in [2.24, 2.45) is 0 Å². The number of carboxylic acid groups (broad SMARTS) is 1. The summed E-state index contributed by atoms with van der Waals surface area (Å²) < 4.78 is 29.9. The SMILES string of the molecule is CC1(O)c2ccc(-c3cc(Cl)ccc3OCC(=O)O)cc2S(=O)(=O)C1(C)C. The molecule has 144 valence electrons. The van der Waals surface area contributed by atoms with Crippen molar-refractivity contribution in [3.63, 3.8) is 0 Å². The molecule has 2 aromatic carbocycles. The summed E-state index contributed by atoms with van der Waals surface area (Å²) in [5, 5.41) is 20.1. The molecule has 0 amide bonds. The Balaban J connectivity index is 2.18. The average Bonchev–Trinajstić information content (AvgIpc) is 2.69. The maximum atomic E-state index is 13.0. The molecule has 8 heteroatoms. The molecule has 0 aliphatic carbocycles. The smallest absolute Gasteiger partial charge is 0.341 e. The van der Waals surface area contributed by atoms with Crippen molar-refractivity contribution < 1.29 is 28.2 Å². The van der Waals surface area contributed by atoms with Crippen molar-refractivity contribution in [1.29, 1.82) is 0 Å². The number of carboxylic acids is 1. The van der Waals surface area contributed by atoms with Crippen LogP contribution in [0, 0.1) is 0 Å². The highest BCUT2D eigenvalue weighted by Crippen LogP contribution is 2.51. The quantitative estimate of drug-likeness (QED) is 0.802. The topological polar surface area (TPSA) is 101 Å². The third-order valence-electron chi connectivity index (χ3n) is 5.24. The van der Waals surface area contributed by atoms with E-state index in [9.17, 15) is 18.3 Å². The van der Waals surface area contributed by atoms with E-state index in [1.54, 1.807) is 24.3 Å². The molecule has 1 aliphatic rings. The van der Waals surface area contributed by atoms with Crippen LogP contribution in [0.3, 0.4) is 0 Å². The Hall–Kier alpha value is -2.09. The van der Waals surface area contributed by atoms with Gasteiger partial charge in [0.2, 0.25) is 0 Å². The normalized spacial score (nSPS) is 22.3. The molecule has 1 heterocycles. The maximum absolute atomic E-state index is 13.0. The molecule has 0 fully saturated rings. The second kappa shape index (κ2) is 6.22. The number of hydrogen-bond acceptors (Lipinski definition) is 5. The first-order valence-corrected chi connectivity index (χ1v) is 10.0. The largest absolute Gasteiger partial charge is 0.481 e. The number of rotatable bonds is 4. The first-order chi connectivity index (χ1) is 12.4. The summed E-state index contributed by atoms with van der Waals surface area (Å²) in [6.07, 6.45) is 0. The standard InChI is InChI=1S/C19H19ClO6S/c1-18(2)19(3,23)14-6-4-11(8-16(14)27(18,24)25)13-9-12(20)5-7-15(13)26-10-17(21)22/h4-9,23H,10H2,1-3H3,(H,21,22). The summed E-state index contributed by atoms with van der Waals surface area (Å²) in [4.78, 5) is 10.9. The van der Waals surface area contributed by atoms with Crippen LogP contribution in [0.15, 0.2) is 41.3 Å². The molecule has 0 bridgehead atoms. The van der Waals surface area contributed by atoms with Gasteiger partial charge in [-0.25, -0.2) is 13.2 Å². The zero-order chi connectivity index (χ0) is 20.2. The van der Waals surface area contributed by atoms with Crippen molar-refractivity contribution in [3.8, 4) is 16.9 Å². The second-order valence-corrected chi connectivity index (χ2v) is 10.0. The highest BCUT2D eigenvalue weighted by atomic mass is 35.5. The number of benzene rings is 2. The summed E-state index contributed by atoms with van der Waals surface area (Å²) >= 11 is 6.06. The van der Waals surface area contributed by atoms with Gasteiger partial charge in [0.25, 0.3) is 0 Å². The van der Waals surface area contributed by atoms with E-state index in [0.717, 1.165) is 0 Å². The molecule has 1 atom stereocenters. The first kappa shape index (κ1) is 19.7. The van der Waals surface area contributed by atoms with Gasteiger partial charge in [0.05, 0.1) is 4.90 Å². The molecule has 0 spiro atoms. The van der Waals surface area contributed by atoms with E-state index in [1.165, 1.54) is 32.9 Å². The van der Waals surface area contributed by atoms with E-state index >= 15 is 0 Å². The van der Waals surface area contributed by atoms with Crippen LogP contribution in [0.25, 0.3) is 11.1 Å². The fraction of sp³-hybridized carbons (Fsp3) is 0.316. The Labute approximate surface area is 162 Å². The molecular weight excluding hydrogens is 392 g/mol. The van der Waals surface area contributed by atoms with Gasteiger partial charge in [-0.2, -0.15) is 0 Å². The van der Waals surface area contributed by atoms with E-state index in [0.29, 0.717) is 21.7 Å². The number of ether oxygens (including phenoxy) is 1. The monoisotopic (exact) mass is 410 g/mol. The number of hydrogen-bond donors (Lipinski definition) is 2. The van der Waals surface area contributed by atoms with Crippen LogP contribution in [0.5, 0.6) is 5.75 Å². The zero-order valence-corrected chi connectivity index (χ0v) is 16.6. The number of fused-ring (bicyclic) bond motifs is 1. The van der Waals surface area contributed by atoms with Crippen molar-refractivity contribution in [2.75, 3.05) is 6.61 Å². The molecule has 0 radical (unpaired) electrons. The predicted molar refractivity (Wildman–Crippen MR) is 101 cm³/mol. The molecule has 0 saturated carbocycles. The van der Waals surface area contributed by atoms with Gasteiger partial charge in [0.1, 0.15) is 16.1 Å². The molecule has 27 heavy (non-hydrogen) atoms. The van der Waals surface area contributed by atoms with Gasteiger partial charge < -0.3 is 14.9 Å². The molecule has 1 aliphatic heterocycles. The Morgan fingerprint density at radius 1 is 1.15 bits per heavy atom. The lowest BCUT2D eigenvalue weighted by atomic mass is 9.84. The molecule has 0 aromatic heterocycles. The fourth-order valence-corrected chi connectivity index (χ4v) is 5.36. The number of sulfone groups is 1. The maximum Gasteiger partial charge on any atom is 0.341 e. The highest BCUT2D eigenvalue weighted by molar-refractivity contribution is 7.93. The Bertz CT molecular complexity index is 1040. The van der Waals surface area contributed by atoms with Crippen LogP contribution in [0.4, 0.5) is 0 Å². The lowest BCUT2D eigenvalue weighted by molar-refractivity contribution is -0.139. The molecule has 1 unspecified atom stereocenters. The minimum Gasteiger partial charge on any atom is -0.481 e. The van der Waals surface area contributed by atoms with Gasteiger partial charge in [-0.15, -0.1) is 0 Å². The highest BCUT2D eigenvalue weighted by Gasteiger charge is 2.58. The fourth-order valence-electron chi connectivity index (χ4n) is 3.17. The average molecular weight is 411 g/mol. The summed E-state index contributed by atoms with van der Waals surface area (Å²) in [5.74, 6) is -0.867. The lowest BCUT2D eigenvalue weighted by Gasteiger charge is -2.31. The van der Waals surface area contributed by atoms with Crippen LogP contribution < -0.4 is 4.74 Å². The van der Waals surface area contributed by atoms with Crippen molar-refractivity contribution in [3.05, 3.63) is 47.0 Å². The molecule has 3 rings (SSSR count). The van der Waals surface area contributed by atoms with Crippen molar-refractivity contribution in [2.45, 2.75) is 36.0 Å². The number of carbonyl (C=O) groups is 1. The van der Waals surface area contributed by atoms with E-state index < -0.39 is 32.8 Å². The minimum absolute atomic E-state index is 0.0409. The van der Waals surface area contributed by atoms with E-state index in [1.807, 2.05) is 0 Å². The molecule has 2 N–H and O–H groups in total. The van der Waals surface area contributed by atoms with Gasteiger partial charge >= 0.3 is 5.97 Å². The summed E-state index contributed by atoms with van der Waals surface area (Å²) in [5.41, 5.74) is -0.262. The van der Waals surface area contributed by atoms with Crippen LogP contribution >= 0.6 is 11.6 Å². The van der Waals surface area contributed by atoms with E-state index in [2.05, 4.69) is 0 Å². The molecule has 6 nitrogen and oxygen atoms in total. The molecular formula is C19H19ClO6S. The Kier molecular flexibility index (Phi) is 4.53. The second-order valence-electron chi connectivity index (χ2n) is 7.12. The predicted octanol–water partition coefficient (Wildman–Crippen LogP) is 3.24. The number of halogens is 1. The van der Waals surface area contributed by atoms with Crippen molar-refractivity contribution >= 4 is 27.4 Å². The zero-order valence-electron chi connectivity index (χ0n) is 15.0. The van der Waals surface area contributed by atoms with E-state index in [-0.39, 0.29) is 10.6 Å². The van der Waals surface area contributed by atoms with Gasteiger partial charge in [0.15, 0.2) is 16.4 Å². The summed E-state index contributed by atoms with van der Waals surface area (Å²) in [7, 11) is -3.79.